The maximum atomic E-state index is 12.9. The van der Waals surface area contributed by atoms with E-state index in [4.69, 9.17) is 15.5 Å². The van der Waals surface area contributed by atoms with Crippen molar-refractivity contribution in [2.75, 3.05) is 49.6 Å². The van der Waals surface area contributed by atoms with E-state index in [1.807, 2.05) is 0 Å². The highest BCUT2D eigenvalue weighted by molar-refractivity contribution is 5.88. The van der Waals surface area contributed by atoms with E-state index in [0.29, 0.717) is 62.0 Å². The van der Waals surface area contributed by atoms with Crippen LogP contribution in [0.15, 0.2) is 24.3 Å². The van der Waals surface area contributed by atoms with Crippen molar-refractivity contribution in [2.24, 2.45) is 5.73 Å². The van der Waals surface area contributed by atoms with Gasteiger partial charge in [0.15, 0.2) is 5.82 Å². The molecule has 0 spiro atoms. The van der Waals surface area contributed by atoms with E-state index >= 15 is 0 Å². The van der Waals surface area contributed by atoms with Gasteiger partial charge in [-0.3, -0.25) is 4.90 Å². The Bertz CT molecular complexity index is 945. The molecule has 4 rings (SSSR count). The van der Waals surface area contributed by atoms with Crippen molar-refractivity contribution in [1.29, 1.82) is 0 Å². The number of nitrogens with one attached hydrogen (secondary N) is 1. The number of halogens is 3. The number of primary amides is 1. The number of alkyl halides is 3. The lowest BCUT2D eigenvalue weighted by molar-refractivity contribution is -0.147. The number of rotatable bonds is 4. The fourth-order valence-electron chi connectivity index (χ4n) is 3.86. The molecular weight excluding hydrogens is 413 g/mol. The van der Waals surface area contributed by atoms with Crippen LogP contribution in [0.2, 0.25) is 0 Å². The molecule has 1 fully saturated rings. The zero-order valence-corrected chi connectivity index (χ0v) is 16.8. The molecule has 2 amide bonds. The Hall–Kier alpha value is -2.92. The van der Waals surface area contributed by atoms with Crippen LogP contribution in [0.3, 0.4) is 0 Å². The van der Waals surface area contributed by atoms with Crippen LogP contribution >= 0.6 is 0 Å². The fourth-order valence-corrected chi connectivity index (χ4v) is 3.86. The quantitative estimate of drug-likeness (QED) is 0.764. The maximum absolute atomic E-state index is 12.9. The van der Waals surface area contributed by atoms with E-state index in [1.165, 1.54) is 4.90 Å². The molecule has 0 aliphatic carbocycles. The number of fused-ring (bicyclic) bond motifs is 1. The number of nitrogens with two attached hydrogens (primary N) is 1. The first kappa shape index (κ1) is 21.3. The lowest BCUT2D eigenvalue weighted by atomic mass is 10.0. The highest BCUT2D eigenvalue weighted by Crippen LogP contribution is 2.31. The molecule has 1 saturated heterocycles. The molecule has 31 heavy (non-hydrogen) atoms. The number of carbonyl (C=O) groups is 1. The van der Waals surface area contributed by atoms with Crippen LogP contribution in [0.25, 0.3) is 11.4 Å². The number of aromatic nitrogens is 2. The Balaban J connectivity index is 1.69. The van der Waals surface area contributed by atoms with Crippen LogP contribution in [0.1, 0.15) is 11.3 Å². The molecule has 0 bridgehead atoms. The number of benzene rings is 1. The van der Waals surface area contributed by atoms with E-state index in [1.54, 1.807) is 24.3 Å². The zero-order chi connectivity index (χ0) is 22.0. The predicted octanol–water partition coefficient (Wildman–Crippen LogP) is 2.39. The monoisotopic (exact) mass is 436 g/mol. The van der Waals surface area contributed by atoms with E-state index in [0.717, 1.165) is 11.4 Å². The topological polar surface area (TPSA) is 96.6 Å². The molecule has 3 N–H and O–H groups in total. The van der Waals surface area contributed by atoms with Gasteiger partial charge in [-0.15, -0.1) is 0 Å². The van der Waals surface area contributed by atoms with Gasteiger partial charge < -0.3 is 20.7 Å². The van der Waals surface area contributed by atoms with Crippen molar-refractivity contribution in [2.45, 2.75) is 19.1 Å². The van der Waals surface area contributed by atoms with Gasteiger partial charge in [-0.2, -0.15) is 13.2 Å². The van der Waals surface area contributed by atoms with Gasteiger partial charge in [-0.05, 0) is 30.7 Å². The van der Waals surface area contributed by atoms with Gasteiger partial charge in [0.1, 0.15) is 5.82 Å². The SMILES string of the molecule is NC(=O)Nc1ccc(-c2nc3c(c(N4CCOCC4)n2)CCN(CC(F)(F)F)C3)cc1. The van der Waals surface area contributed by atoms with Crippen LogP contribution in [0.5, 0.6) is 0 Å². The third kappa shape index (κ3) is 5.23. The Morgan fingerprint density at radius 2 is 1.84 bits per heavy atom. The third-order valence-corrected chi connectivity index (χ3v) is 5.25. The van der Waals surface area contributed by atoms with Gasteiger partial charge >= 0.3 is 12.2 Å². The third-order valence-electron chi connectivity index (χ3n) is 5.25. The summed E-state index contributed by atoms with van der Waals surface area (Å²) in [5.41, 5.74) is 7.87. The fraction of sp³-hybridized carbons (Fsp3) is 0.450. The number of ether oxygens (including phenoxy) is 1. The number of morpholine rings is 1. The smallest absolute Gasteiger partial charge is 0.378 e. The van der Waals surface area contributed by atoms with Gasteiger partial charge in [-0.1, -0.05) is 0 Å². The lowest BCUT2D eigenvalue weighted by Crippen LogP contribution is -2.41. The van der Waals surface area contributed by atoms with Crippen LogP contribution in [0.4, 0.5) is 29.5 Å². The number of amides is 2. The number of hydrogen-bond acceptors (Lipinski definition) is 6. The summed E-state index contributed by atoms with van der Waals surface area (Å²) in [4.78, 5) is 23.9. The first-order valence-corrected chi connectivity index (χ1v) is 9.97. The summed E-state index contributed by atoms with van der Waals surface area (Å²) in [7, 11) is 0. The zero-order valence-electron chi connectivity index (χ0n) is 16.8. The first-order chi connectivity index (χ1) is 14.8. The summed E-state index contributed by atoms with van der Waals surface area (Å²) in [6.45, 7) is 1.92. The Labute approximate surface area is 177 Å². The minimum Gasteiger partial charge on any atom is -0.378 e. The second-order valence-corrected chi connectivity index (χ2v) is 7.54. The van der Waals surface area contributed by atoms with Crippen molar-refractivity contribution >= 4 is 17.5 Å². The van der Waals surface area contributed by atoms with Gasteiger partial charge in [0.2, 0.25) is 0 Å². The van der Waals surface area contributed by atoms with Gasteiger partial charge in [0.05, 0.1) is 25.5 Å². The van der Waals surface area contributed by atoms with Crippen LogP contribution in [-0.2, 0) is 17.7 Å². The summed E-state index contributed by atoms with van der Waals surface area (Å²) >= 11 is 0. The Kier molecular flexibility index (Phi) is 5.96. The molecule has 0 atom stereocenters. The highest BCUT2D eigenvalue weighted by atomic mass is 19.4. The van der Waals surface area contributed by atoms with Gasteiger partial charge in [0, 0.05) is 43.0 Å². The molecule has 0 radical (unpaired) electrons. The normalized spacial score (nSPS) is 17.3. The van der Waals surface area contributed by atoms with Crippen LogP contribution in [-0.4, -0.2) is 66.5 Å². The average Bonchev–Trinajstić information content (AvgIpc) is 2.72. The molecule has 1 aromatic carbocycles. The van der Waals surface area contributed by atoms with E-state index in [9.17, 15) is 18.0 Å². The summed E-state index contributed by atoms with van der Waals surface area (Å²) in [6, 6.07) is 6.16. The number of urea groups is 1. The van der Waals surface area contributed by atoms with Crippen molar-refractivity contribution in [3.63, 3.8) is 0 Å². The largest absolute Gasteiger partial charge is 0.401 e. The van der Waals surface area contributed by atoms with Crippen molar-refractivity contribution < 1.29 is 22.7 Å². The second kappa shape index (κ2) is 8.67. The van der Waals surface area contributed by atoms with E-state index < -0.39 is 18.8 Å². The summed E-state index contributed by atoms with van der Waals surface area (Å²) < 4.78 is 44.2. The minimum absolute atomic E-state index is 0.114. The van der Waals surface area contributed by atoms with Gasteiger partial charge in [0.25, 0.3) is 0 Å². The van der Waals surface area contributed by atoms with Crippen molar-refractivity contribution in [1.82, 2.24) is 14.9 Å². The predicted molar refractivity (Wildman–Crippen MR) is 109 cm³/mol. The highest BCUT2D eigenvalue weighted by Gasteiger charge is 2.34. The molecule has 166 valence electrons. The number of hydrogen-bond donors (Lipinski definition) is 2. The molecule has 2 aromatic rings. The maximum Gasteiger partial charge on any atom is 0.401 e. The molecule has 0 unspecified atom stereocenters. The molecule has 8 nitrogen and oxygen atoms in total. The summed E-state index contributed by atoms with van der Waals surface area (Å²) in [6.07, 6.45) is -3.80. The lowest BCUT2D eigenvalue weighted by Gasteiger charge is -2.34. The minimum atomic E-state index is -4.26. The molecule has 2 aliphatic rings. The number of carbonyl (C=O) groups excluding carboxylic acids is 1. The molecular formula is C20H23F3N6O2. The Morgan fingerprint density at radius 3 is 2.48 bits per heavy atom. The second-order valence-electron chi connectivity index (χ2n) is 7.54. The van der Waals surface area contributed by atoms with Gasteiger partial charge in [-0.25, -0.2) is 14.8 Å². The molecule has 1 aromatic heterocycles. The molecule has 0 saturated carbocycles. The van der Waals surface area contributed by atoms with E-state index in [2.05, 4.69) is 15.2 Å². The molecule has 2 aliphatic heterocycles. The molecule has 3 heterocycles. The Morgan fingerprint density at radius 1 is 1.13 bits per heavy atom. The van der Waals surface area contributed by atoms with Crippen molar-refractivity contribution in [3.8, 4) is 11.4 Å². The van der Waals surface area contributed by atoms with Crippen LogP contribution < -0.4 is 16.0 Å². The summed E-state index contributed by atoms with van der Waals surface area (Å²) in [5.74, 6) is 1.19. The molecule has 11 heteroatoms. The first-order valence-electron chi connectivity index (χ1n) is 9.97. The number of nitrogens with zero attached hydrogens (tertiary/aromatic N) is 4. The standard InChI is InChI=1S/C20H23F3N6O2/c21-20(22,23)12-28-6-5-15-16(11-28)26-17(27-18(15)29-7-9-31-10-8-29)13-1-3-14(4-2-13)25-19(24)30/h1-4H,5-12H2,(H3,24,25,30). The summed E-state index contributed by atoms with van der Waals surface area (Å²) in [5, 5.41) is 2.49. The number of anilines is 2. The van der Waals surface area contributed by atoms with Crippen molar-refractivity contribution in [3.05, 3.63) is 35.5 Å². The van der Waals surface area contributed by atoms with Crippen LogP contribution in [0, 0.1) is 0 Å². The van der Waals surface area contributed by atoms with E-state index in [-0.39, 0.29) is 6.54 Å². The average molecular weight is 436 g/mol.